The number of nitrogens with zero attached hydrogens (tertiary/aromatic N) is 3. The number of hydrogen-bond acceptors (Lipinski definition) is 8. The highest BCUT2D eigenvalue weighted by Gasteiger charge is 2.23. The maximum absolute atomic E-state index is 12.4. The minimum atomic E-state index is -4.22. The lowest BCUT2D eigenvalue weighted by atomic mass is 10.2. The molecule has 12 heteroatoms. The van der Waals surface area contributed by atoms with Crippen molar-refractivity contribution in [2.45, 2.75) is 4.90 Å². The van der Waals surface area contributed by atoms with E-state index >= 15 is 0 Å². The first-order valence-electron chi connectivity index (χ1n) is 8.95. The molecule has 166 valence electrons. The Morgan fingerprint density at radius 2 is 1.74 bits per heavy atom. The molecule has 2 rings (SSSR count). The van der Waals surface area contributed by atoms with Gasteiger partial charge in [-0.1, -0.05) is 18.2 Å². The molecule has 0 heterocycles. The van der Waals surface area contributed by atoms with Gasteiger partial charge in [0, 0.05) is 32.9 Å². The SMILES string of the molecule is CN(C)c1ccc(S(=O)(=O)NCC(=O)OCC(=O)N(C)c2ccccc2)cc1[N+](=O)[O-]. The van der Waals surface area contributed by atoms with E-state index in [-0.39, 0.29) is 10.6 Å². The predicted octanol–water partition coefficient (Wildman–Crippen LogP) is 1.15. The van der Waals surface area contributed by atoms with Crippen molar-refractivity contribution in [3.05, 3.63) is 58.6 Å². The molecule has 0 unspecified atom stereocenters. The summed E-state index contributed by atoms with van der Waals surface area (Å²) in [5, 5.41) is 11.2. The van der Waals surface area contributed by atoms with Crippen LogP contribution in [0.5, 0.6) is 0 Å². The van der Waals surface area contributed by atoms with Crippen LogP contribution in [0.15, 0.2) is 53.4 Å². The number of likely N-dealkylation sites (N-methyl/N-ethyl adjacent to an activating group) is 1. The number of nitro benzene ring substituents is 1. The van der Waals surface area contributed by atoms with Gasteiger partial charge >= 0.3 is 5.97 Å². The van der Waals surface area contributed by atoms with Crippen molar-refractivity contribution in [3.63, 3.8) is 0 Å². The molecule has 2 aromatic rings. The molecule has 0 bridgehead atoms. The minimum absolute atomic E-state index is 0.226. The van der Waals surface area contributed by atoms with E-state index in [1.807, 2.05) is 4.72 Å². The Bertz CT molecular complexity index is 1070. The van der Waals surface area contributed by atoms with E-state index in [0.29, 0.717) is 5.69 Å². The van der Waals surface area contributed by atoms with Crippen molar-refractivity contribution in [2.75, 3.05) is 44.1 Å². The summed E-state index contributed by atoms with van der Waals surface area (Å²) in [7, 11) is 0.461. The Kier molecular flexibility index (Phi) is 7.67. The smallest absolute Gasteiger partial charge is 0.321 e. The van der Waals surface area contributed by atoms with Crippen molar-refractivity contribution in [1.82, 2.24) is 4.72 Å². The maximum Gasteiger partial charge on any atom is 0.321 e. The van der Waals surface area contributed by atoms with Crippen LogP contribution in [0.2, 0.25) is 0 Å². The summed E-state index contributed by atoms with van der Waals surface area (Å²) in [5.41, 5.74) is 0.432. The van der Waals surface area contributed by atoms with Gasteiger partial charge in [-0.2, -0.15) is 4.72 Å². The predicted molar refractivity (Wildman–Crippen MR) is 113 cm³/mol. The lowest BCUT2D eigenvalue weighted by Crippen LogP contribution is -2.34. The Balaban J connectivity index is 1.97. The van der Waals surface area contributed by atoms with Crippen LogP contribution in [0.4, 0.5) is 17.1 Å². The molecule has 0 spiro atoms. The van der Waals surface area contributed by atoms with Gasteiger partial charge in [-0.05, 0) is 24.3 Å². The van der Waals surface area contributed by atoms with E-state index < -0.39 is 45.7 Å². The van der Waals surface area contributed by atoms with Crippen LogP contribution in [-0.2, 0) is 24.3 Å². The highest BCUT2D eigenvalue weighted by molar-refractivity contribution is 7.89. The lowest BCUT2D eigenvalue weighted by Gasteiger charge is -2.17. The maximum atomic E-state index is 12.4. The number of sulfonamides is 1. The van der Waals surface area contributed by atoms with Crippen LogP contribution in [0.1, 0.15) is 0 Å². The number of esters is 1. The van der Waals surface area contributed by atoms with Gasteiger partial charge in [-0.25, -0.2) is 8.42 Å². The zero-order valence-electron chi connectivity index (χ0n) is 17.1. The zero-order chi connectivity index (χ0) is 23.2. The number of rotatable bonds is 9. The molecule has 0 aliphatic heterocycles. The van der Waals surface area contributed by atoms with E-state index in [9.17, 15) is 28.1 Å². The monoisotopic (exact) mass is 450 g/mol. The van der Waals surface area contributed by atoms with Crippen LogP contribution in [0.25, 0.3) is 0 Å². The third-order valence-electron chi connectivity index (χ3n) is 4.22. The third kappa shape index (κ3) is 6.23. The van der Waals surface area contributed by atoms with Crippen molar-refractivity contribution in [3.8, 4) is 0 Å². The Morgan fingerprint density at radius 3 is 2.32 bits per heavy atom. The van der Waals surface area contributed by atoms with Crippen LogP contribution in [-0.4, -0.2) is 59.5 Å². The van der Waals surface area contributed by atoms with Gasteiger partial charge < -0.3 is 14.5 Å². The summed E-state index contributed by atoms with van der Waals surface area (Å²) in [6, 6.07) is 12.1. The Labute approximate surface area is 179 Å². The second kappa shape index (κ2) is 10.00. The number of benzene rings is 2. The molecule has 0 aliphatic rings. The molecular weight excluding hydrogens is 428 g/mol. The Hall–Kier alpha value is -3.51. The van der Waals surface area contributed by atoms with Crippen LogP contribution in [0, 0.1) is 10.1 Å². The van der Waals surface area contributed by atoms with E-state index in [0.717, 1.165) is 6.07 Å². The molecule has 1 N–H and O–H groups in total. The number of nitro groups is 1. The van der Waals surface area contributed by atoms with Crippen LogP contribution in [0.3, 0.4) is 0 Å². The standard InChI is InChI=1S/C19H22N4O7S/c1-21(2)16-10-9-15(11-17(16)23(26)27)31(28,29)20-12-19(25)30-13-18(24)22(3)14-7-5-4-6-8-14/h4-11,20H,12-13H2,1-3H3. The molecule has 0 radical (unpaired) electrons. The fourth-order valence-corrected chi connectivity index (χ4v) is 3.51. The number of ether oxygens (including phenoxy) is 1. The van der Waals surface area contributed by atoms with Gasteiger partial charge in [0.15, 0.2) is 6.61 Å². The number of amides is 1. The highest BCUT2D eigenvalue weighted by Crippen LogP contribution is 2.29. The summed E-state index contributed by atoms with van der Waals surface area (Å²) >= 11 is 0. The summed E-state index contributed by atoms with van der Waals surface area (Å²) < 4.78 is 31.6. The van der Waals surface area contributed by atoms with E-state index in [4.69, 9.17) is 4.74 Å². The van der Waals surface area contributed by atoms with Crippen molar-refractivity contribution in [2.24, 2.45) is 0 Å². The van der Waals surface area contributed by atoms with Crippen molar-refractivity contribution >= 4 is 39.0 Å². The second-order valence-corrected chi connectivity index (χ2v) is 8.34. The lowest BCUT2D eigenvalue weighted by molar-refractivity contribution is -0.384. The number of anilines is 2. The summed E-state index contributed by atoms with van der Waals surface area (Å²) in [5.74, 6) is -1.48. The first-order chi connectivity index (χ1) is 14.5. The molecule has 0 saturated carbocycles. The first kappa shape index (κ1) is 23.8. The fourth-order valence-electron chi connectivity index (χ4n) is 2.52. The second-order valence-electron chi connectivity index (χ2n) is 6.58. The molecule has 0 aliphatic carbocycles. The minimum Gasteiger partial charge on any atom is -0.455 e. The van der Waals surface area contributed by atoms with Gasteiger partial charge in [-0.15, -0.1) is 0 Å². The molecule has 2 aromatic carbocycles. The van der Waals surface area contributed by atoms with Gasteiger partial charge in [0.25, 0.3) is 11.6 Å². The molecule has 0 atom stereocenters. The molecular formula is C19H22N4O7S. The molecule has 0 fully saturated rings. The highest BCUT2D eigenvalue weighted by atomic mass is 32.2. The van der Waals surface area contributed by atoms with Crippen molar-refractivity contribution in [1.29, 1.82) is 0 Å². The Morgan fingerprint density at radius 1 is 1.10 bits per heavy atom. The fraction of sp³-hybridized carbons (Fsp3) is 0.263. The molecule has 1 amide bonds. The number of para-hydroxylation sites is 1. The number of nitrogens with one attached hydrogen (secondary N) is 1. The zero-order valence-corrected chi connectivity index (χ0v) is 18.0. The van der Waals surface area contributed by atoms with Crippen molar-refractivity contribution < 1.29 is 27.7 Å². The largest absolute Gasteiger partial charge is 0.455 e. The first-order valence-corrected chi connectivity index (χ1v) is 10.4. The average molecular weight is 450 g/mol. The van der Waals surface area contributed by atoms with Gasteiger partial charge in [0.1, 0.15) is 12.2 Å². The van der Waals surface area contributed by atoms with Gasteiger partial charge in [-0.3, -0.25) is 19.7 Å². The average Bonchev–Trinajstić information content (AvgIpc) is 2.75. The number of carbonyl (C=O) groups excluding carboxylic acids is 2. The van der Waals surface area contributed by atoms with E-state index in [2.05, 4.69) is 0 Å². The van der Waals surface area contributed by atoms with E-state index in [1.165, 1.54) is 29.0 Å². The normalized spacial score (nSPS) is 10.9. The molecule has 0 saturated heterocycles. The molecule has 31 heavy (non-hydrogen) atoms. The van der Waals surface area contributed by atoms with Crippen LogP contribution >= 0.6 is 0 Å². The topological polar surface area (TPSA) is 139 Å². The molecule has 11 nitrogen and oxygen atoms in total. The number of carbonyl (C=O) groups is 2. The third-order valence-corrected chi connectivity index (χ3v) is 5.62. The number of hydrogen-bond donors (Lipinski definition) is 1. The summed E-state index contributed by atoms with van der Waals surface area (Å²) in [6.45, 7) is -1.32. The van der Waals surface area contributed by atoms with Gasteiger partial charge in [0.05, 0.1) is 9.82 Å². The van der Waals surface area contributed by atoms with Crippen LogP contribution < -0.4 is 14.5 Å². The molecule has 0 aromatic heterocycles. The quantitative estimate of drug-likeness (QED) is 0.341. The van der Waals surface area contributed by atoms with E-state index in [1.54, 1.807) is 44.4 Å². The summed E-state index contributed by atoms with van der Waals surface area (Å²) in [4.78, 5) is 36.9. The summed E-state index contributed by atoms with van der Waals surface area (Å²) in [6.07, 6.45) is 0. The van der Waals surface area contributed by atoms with Gasteiger partial charge in [0.2, 0.25) is 10.0 Å².